The molecule has 3 heterocycles. The Bertz CT molecular complexity index is 677. The molecule has 0 fully saturated rings. The molecule has 2 aliphatic rings. The monoisotopic (exact) mass is 284 g/mol. The van der Waals surface area contributed by atoms with Crippen molar-refractivity contribution in [2.45, 2.75) is 39.6 Å². The van der Waals surface area contributed by atoms with Crippen LogP contribution in [0.2, 0.25) is 0 Å². The molecular weight excluding hydrogens is 264 g/mol. The molecule has 21 heavy (non-hydrogen) atoms. The highest BCUT2D eigenvalue weighted by Gasteiger charge is 2.27. The lowest BCUT2D eigenvalue weighted by atomic mass is 10.0. The van der Waals surface area contributed by atoms with E-state index in [0.717, 1.165) is 36.9 Å². The molecule has 1 atom stereocenters. The van der Waals surface area contributed by atoms with Crippen molar-refractivity contribution in [1.82, 2.24) is 20.1 Å². The summed E-state index contributed by atoms with van der Waals surface area (Å²) in [5.74, 6) is 2.55. The molecule has 5 nitrogen and oxygen atoms in total. The number of hydrogen-bond donors (Lipinski definition) is 1. The van der Waals surface area contributed by atoms with Crippen LogP contribution in [0.15, 0.2) is 18.2 Å². The van der Waals surface area contributed by atoms with Crippen molar-refractivity contribution in [1.29, 1.82) is 0 Å². The second-order valence-corrected chi connectivity index (χ2v) is 6.19. The zero-order valence-corrected chi connectivity index (χ0v) is 12.5. The van der Waals surface area contributed by atoms with E-state index >= 15 is 0 Å². The summed E-state index contributed by atoms with van der Waals surface area (Å²) in [6, 6.07) is 6.78. The number of nitrogens with zero attached hydrogens (tertiary/aromatic N) is 3. The molecule has 1 N–H and O–H groups in total. The maximum atomic E-state index is 5.50. The van der Waals surface area contributed by atoms with Gasteiger partial charge in [-0.2, -0.15) is 0 Å². The fourth-order valence-electron chi connectivity index (χ4n) is 3.25. The zero-order chi connectivity index (χ0) is 14.4. The van der Waals surface area contributed by atoms with Crippen molar-refractivity contribution in [3.8, 4) is 11.4 Å². The normalized spacial score (nSPS) is 20.6. The van der Waals surface area contributed by atoms with Gasteiger partial charge in [0.2, 0.25) is 0 Å². The van der Waals surface area contributed by atoms with Crippen molar-refractivity contribution < 1.29 is 4.74 Å². The van der Waals surface area contributed by atoms with E-state index in [9.17, 15) is 0 Å². The zero-order valence-electron chi connectivity index (χ0n) is 12.5. The molecule has 1 aromatic carbocycles. The first kappa shape index (κ1) is 13.0. The van der Waals surface area contributed by atoms with Gasteiger partial charge in [-0.1, -0.05) is 26.0 Å². The Morgan fingerprint density at radius 2 is 2.10 bits per heavy atom. The third-order valence-electron chi connectivity index (χ3n) is 4.40. The molecule has 0 bridgehead atoms. The van der Waals surface area contributed by atoms with E-state index in [4.69, 9.17) is 4.74 Å². The summed E-state index contributed by atoms with van der Waals surface area (Å²) in [6.07, 6.45) is 0. The highest BCUT2D eigenvalue weighted by molar-refractivity contribution is 5.58. The Morgan fingerprint density at radius 1 is 1.24 bits per heavy atom. The molecule has 0 aliphatic carbocycles. The third kappa shape index (κ3) is 2.08. The average molecular weight is 284 g/mol. The lowest BCUT2D eigenvalue weighted by Crippen LogP contribution is -2.36. The molecule has 1 aromatic heterocycles. The fraction of sp³-hybridized carbons (Fsp3) is 0.500. The van der Waals surface area contributed by atoms with Gasteiger partial charge in [-0.3, -0.25) is 0 Å². The molecule has 2 aliphatic heterocycles. The van der Waals surface area contributed by atoms with Crippen LogP contribution < -0.4 is 5.32 Å². The Balaban J connectivity index is 1.77. The minimum Gasteiger partial charge on any atom is -0.372 e. The standard InChI is InChI=1S/C16H20N4O/c1-10(2)14-16-19-18-15(20(16)6-5-17-14)11-3-4-12-8-21-9-13(12)7-11/h3-4,7,10,14,17H,5-6,8-9H2,1-2H3. The van der Waals surface area contributed by atoms with E-state index in [2.05, 4.69) is 52.1 Å². The van der Waals surface area contributed by atoms with E-state index in [1.54, 1.807) is 0 Å². The number of aromatic nitrogens is 3. The second-order valence-electron chi connectivity index (χ2n) is 6.19. The summed E-state index contributed by atoms with van der Waals surface area (Å²) in [4.78, 5) is 0. The van der Waals surface area contributed by atoms with Gasteiger partial charge in [-0.25, -0.2) is 0 Å². The van der Waals surface area contributed by atoms with E-state index in [1.165, 1.54) is 11.1 Å². The predicted octanol–water partition coefficient (Wildman–Crippen LogP) is 2.28. The Labute approximate surface area is 124 Å². The van der Waals surface area contributed by atoms with Crippen LogP contribution >= 0.6 is 0 Å². The summed E-state index contributed by atoms with van der Waals surface area (Å²) >= 11 is 0. The summed E-state index contributed by atoms with van der Waals surface area (Å²) < 4.78 is 7.76. The van der Waals surface area contributed by atoms with Crippen molar-refractivity contribution >= 4 is 0 Å². The maximum absolute atomic E-state index is 5.50. The summed E-state index contributed by atoms with van der Waals surface area (Å²) in [6.45, 7) is 7.76. The molecule has 0 saturated heterocycles. The van der Waals surface area contributed by atoms with Crippen molar-refractivity contribution in [3.63, 3.8) is 0 Å². The molecule has 0 saturated carbocycles. The van der Waals surface area contributed by atoms with E-state index in [-0.39, 0.29) is 6.04 Å². The molecule has 0 radical (unpaired) electrons. The van der Waals surface area contributed by atoms with Crippen LogP contribution in [-0.2, 0) is 24.5 Å². The van der Waals surface area contributed by atoms with E-state index in [1.807, 2.05) is 0 Å². The molecule has 1 unspecified atom stereocenters. The predicted molar refractivity (Wildman–Crippen MR) is 79.5 cm³/mol. The lowest BCUT2D eigenvalue weighted by molar-refractivity contribution is 0.134. The average Bonchev–Trinajstić information content (AvgIpc) is 3.12. The van der Waals surface area contributed by atoms with Crippen LogP contribution in [0, 0.1) is 5.92 Å². The van der Waals surface area contributed by atoms with Gasteiger partial charge >= 0.3 is 0 Å². The highest BCUT2D eigenvalue weighted by Crippen LogP contribution is 2.30. The van der Waals surface area contributed by atoms with Crippen LogP contribution in [0.4, 0.5) is 0 Å². The maximum Gasteiger partial charge on any atom is 0.164 e. The first-order chi connectivity index (χ1) is 10.2. The number of hydrogen-bond acceptors (Lipinski definition) is 4. The van der Waals surface area contributed by atoms with Crippen LogP contribution in [0.1, 0.15) is 36.8 Å². The second kappa shape index (κ2) is 4.93. The first-order valence-electron chi connectivity index (χ1n) is 7.60. The highest BCUT2D eigenvalue weighted by atomic mass is 16.5. The molecule has 5 heteroatoms. The number of rotatable bonds is 2. The van der Waals surface area contributed by atoms with Crippen LogP contribution in [-0.4, -0.2) is 21.3 Å². The number of ether oxygens (including phenoxy) is 1. The number of fused-ring (bicyclic) bond motifs is 2. The fourth-order valence-corrected chi connectivity index (χ4v) is 3.25. The first-order valence-corrected chi connectivity index (χ1v) is 7.60. The van der Waals surface area contributed by atoms with Crippen molar-refractivity contribution in [3.05, 3.63) is 35.2 Å². The van der Waals surface area contributed by atoms with Crippen molar-refractivity contribution in [2.24, 2.45) is 5.92 Å². The Hall–Kier alpha value is -1.72. The lowest BCUT2D eigenvalue weighted by Gasteiger charge is -2.27. The SMILES string of the molecule is CC(C)C1NCCn2c(-c3ccc4c(c3)COC4)nnc21. The van der Waals surface area contributed by atoms with Gasteiger partial charge in [0.1, 0.15) is 0 Å². The Kier molecular flexibility index (Phi) is 3.05. The third-order valence-corrected chi connectivity index (χ3v) is 4.40. The number of nitrogens with one attached hydrogen (secondary N) is 1. The quantitative estimate of drug-likeness (QED) is 0.919. The molecule has 110 valence electrons. The molecule has 2 aromatic rings. The largest absolute Gasteiger partial charge is 0.372 e. The van der Waals surface area contributed by atoms with Gasteiger partial charge in [-0.15, -0.1) is 10.2 Å². The van der Waals surface area contributed by atoms with Gasteiger partial charge in [0.15, 0.2) is 11.6 Å². The summed E-state index contributed by atoms with van der Waals surface area (Å²) in [5, 5.41) is 12.4. The number of benzene rings is 1. The molecular formula is C16H20N4O. The molecule has 0 amide bonds. The van der Waals surface area contributed by atoms with Gasteiger partial charge in [0, 0.05) is 18.7 Å². The summed E-state index contributed by atoms with van der Waals surface area (Å²) in [5.41, 5.74) is 3.71. The van der Waals surface area contributed by atoms with Crippen LogP contribution in [0.25, 0.3) is 11.4 Å². The topological polar surface area (TPSA) is 52.0 Å². The minimum atomic E-state index is 0.290. The van der Waals surface area contributed by atoms with Gasteiger partial charge in [-0.05, 0) is 23.1 Å². The van der Waals surface area contributed by atoms with Gasteiger partial charge in [0.25, 0.3) is 0 Å². The van der Waals surface area contributed by atoms with Crippen molar-refractivity contribution in [2.75, 3.05) is 6.54 Å². The van der Waals surface area contributed by atoms with Crippen LogP contribution in [0.5, 0.6) is 0 Å². The van der Waals surface area contributed by atoms with E-state index < -0.39 is 0 Å². The van der Waals surface area contributed by atoms with E-state index in [0.29, 0.717) is 12.5 Å². The smallest absolute Gasteiger partial charge is 0.164 e. The Morgan fingerprint density at radius 3 is 2.95 bits per heavy atom. The molecule has 0 spiro atoms. The summed E-state index contributed by atoms with van der Waals surface area (Å²) in [7, 11) is 0. The van der Waals surface area contributed by atoms with Gasteiger partial charge < -0.3 is 14.6 Å². The van der Waals surface area contributed by atoms with Gasteiger partial charge in [0.05, 0.1) is 19.3 Å². The van der Waals surface area contributed by atoms with Crippen LogP contribution in [0.3, 0.4) is 0 Å². The minimum absolute atomic E-state index is 0.290. The molecule has 4 rings (SSSR count).